The molecule has 0 bridgehead atoms. The van der Waals surface area contributed by atoms with Gasteiger partial charge in [-0.05, 0) is 76.3 Å². The van der Waals surface area contributed by atoms with Crippen LogP contribution in [0.4, 0.5) is 0 Å². The lowest BCUT2D eigenvalue weighted by Gasteiger charge is -2.29. The first-order chi connectivity index (χ1) is 14.7. The fraction of sp³-hybridized carbons (Fsp3) is 0.345. The molecule has 2 heteroatoms. The molecule has 1 aliphatic rings. The minimum atomic E-state index is -0.808. The van der Waals surface area contributed by atoms with Crippen molar-refractivity contribution in [3.05, 3.63) is 83.5 Å². The van der Waals surface area contributed by atoms with Gasteiger partial charge in [0.1, 0.15) is 5.78 Å². The van der Waals surface area contributed by atoms with Crippen LogP contribution in [-0.4, -0.2) is 5.78 Å². The second-order valence-electron chi connectivity index (χ2n) is 9.14. The van der Waals surface area contributed by atoms with E-state index >= 15 is 0 Å². The van der Waals surface area contributed by atoms with Gasteiger partial charge in [0.2, 0.25) is 0 Å². The van der Waals surface area contributed by atoms with Crippen LogP contribution in [0.15, 0.2) is 66.8 Å². The molecule has 2 aromatic carbocycles. The van der Waals surface area contributed by atoms with E-state index < -0.39 is 7.92 Å². The van der Waals surface area contributed by atoms with E-state index in [2.05, 4.69) is 83.8 Å². The summed E-state index contributed by atoms with van der Waals surface area (Å²) >= 11 is 0. The van der Waals surface area contributed by atoms with E-state index in [0.29, 0.717) is 30.5 Å². The Labute approximate surface area is 189 Å². The smallest absolute Gasteiger partial charge is 0.137 e. The SMILES string of the molecule is C=Cc1cc(C(C)C)c(-c2ccccc2P2C(=C)CCCC(=O)CC2=C)c(C(C)C)c1. The molecular formula is C29H35OP. The highest BCUT2D eigenvalue weighted by molar-refractivity contribution is 7.73. The van der Waals surface area contributed by atoms with Gasteiger partial charge in [0, 0.05) is 12.8 Å². The Hall–Kier alpha value is -2.24. The topological polar surface area (TPSA) is 17.1 Å². The lowest BCUT2D eigenvalue weighted by Crippen LogP contribution is -2.14. The maximum atomic E-state index is 12.4. The van der Waals surface area contributed by atoms with Crippen molar-refractivity contribution in [2.75, 3.05) is 0 Å². The third kappa shape index (κ3) is 4.99. The summed E-state index contributed by atoms with van der Waals surface area (Å²) in [5, 5.41) is 3.56. The van der Waals surface area contributed by atoms with E-state index in [-0.39, 0.29) is 0 Å². The average Bonchev–Trinajstić information content (AvgIpc) is 2.72. The lowest BCUT2D eigenvalue weighted by atomic mass is 9.83. The molecule has 3 rings (SSSR count). The number of Topliss-reactive ketones (excluding diaryl/α,β-unsaturated/α-hetero) is 1. The number of hydrogen-bond acceptors (Lipinski definition) is 1. The van der Waals surface area contributed by atoms with Crippen LogP contribution in [0, 0.1) is 0 Å². The number of carbonyl (C=O) groups excluding carboxylic acids is 1. The Morgan fingerprint density at radius 1 is 0.935 bits per heavy atom. The summed E-state index contributed by atoms with van der Waals surface area (Å²) in [6.45, 7) is 21.9. The molecule has 0 amide bonds. The molecule has 1 nitrogen and oxygen atoms in total. The van der Waals surface area contributed by atoms with E-state index in [0.717, 1.165) is 18.2 Å². The van der Waals surface area contributed by atoms with Gasteiger partial charge in [0.05, 0.1) is 0 Å². The van der Waals surface area contributed by atoms with Crippen molar-refractivity contribution < 1.29 is 4.79 Å². The van der Waals surface area contributed by atoms with Gasteiger partial charge in [-0.25, -0.2) is 0 Å². The van der Waals surface area contributed by atoms with Gasteiger partial charge in [0.25, 0.3) is 0 Å². The Kier molecular flexibility index (Phi) is 7.50. The summed E-state index contributed by atoms with van der Waals surface area (Å²) in [5.41, 5.74) is 6.48. The number of benzene rings is 2. The van der Waals surface area contributed by atoms with E-state index in [1.54, 1.807) is 0 Å². The lowest BCUT2D eigenvalue weighted by molar-refractivity contribution is -0.118. The molecule has 0 radical (unpaired) electrons. The van der Waals surface area contributed by atoms with E-state index in [1.165, 1.54) is 38.4 Å². The van der Waals surface area contributed by atoms with Crippen LogP contribution in [0.3, 0.4) is 0 Å². The summed E-state index contributed by atoms with van der Waals surface area (Å²) in [7, 11) is -0.808. The number of allylic oxidation sites excluding steroid dienone is 2. The van der Waals surface area contributed by atoms with Crippen molar-refractivity contribution in [3.63, 3.8) is 0 Å². The Morgan fingerprint density at radius 3 is 2.13 bits per heavy atom. The largest absolute Gasteiger partial charge is 0.299 e. The predicted octanol–water partition coefficient (Wildman–Crippen LogP) is 8.52. The van der Waals surface area contributed by atoms with Crippen LogP contribution >= 0.6 is 7.92 Å². The van der Waals surface area contributed by atoms with Gasteiger partial charge >= 0.3 is 0 Å². The number of rotatable bonds is 5. The highest BCUT2D eigenvalue weighted by Crippen LogP contribution is 2.56. The van der Waals surface area contributed by atoms with Crippen molar-refractivity contribution in [1.29, 1.82) is 0 Å². The first-order valence-electron chi connectivity index (χ1n) is 11.3. The minimum absolute atomic E-state index is 0.309. The van der Waals surface area contributed by atoms with E-state index in [1.807, 2.05) is 6.08 Å². The highest BCUT2D eigenvalue weighted by atomic mass is 31.1. The number of carbonyl (C=O) groups is 1. The molecule has 1 aliphatic heterocycles. The molecule has 31 heavy (non-hydrogen) atoms. The first-order valence-corrected chi connectivity index (χ1v) is 12.7. The van der Waals surface area contributed by atoms with Gasteiger partial charge < -0.3 is 0 Å². The van der Waals surface area contributed by atoms with Crippen molar-refractivity contribution >= 4 is 25.1 Å². The maximum Gasteiger partial charge on any atom is 0.137 e. The number of ketones is 1. The van der Waals surface area contributed by atoms with Crippen molar-refractivity contribution in [1.82, 2.24) is 0 Å². The summed E-state index contributed by atoms with van der Waals surface area (Å²) in [6.07, 6.45) is 4.85. The molecule has 1 saturated heterocycles. The zero-order valence-electron chi connectivity index (χ0n) is 19.5. The average molecular weight is 431 g/mol. The molecule has 2 aromatic rings. The van der Waals surface area contributed by atoms with Crippen LogP contribution < -0.4 is 5.30 Å². The monoisotopic (exact) mass is 430 g/mol. The third-order valence-corrected chi connectivity index (χ3v) is 8.59. The molecule has 1 unspecified atom stereocenters. The minimum Gasteiger partial charge on any atom is -0.299 e. The Morgan fingerprint density at radius 2 is 1.55 bits per heavy atom. The summed E-state index contributed by atoms with van der Waals surface area (Å²) < 4.78 is 0. The Bertz CT molecular complexity index is 996. The summed E-state index contributed by atoms with van der Waals surface area (Å²) in [6, 6.07) is 13.3. The molecular weight excluding hydrogens is 395 g/mol. The predicted molar refractivity (Wildman–Crippen MR) is 138 cm³/mol. The number of hydrogen-bond donors (Lipinski definition) is 0. The molecule has 1 fully saturated rings. The molecule has 0 aliphatic carbocycles. The molecule has 0 spiro atoms. The fourth-order valence-corrected chi connectivity index (χ4v) is 7.00. The van der Waals surface area contributed by atoms with Gasteiger partial charge in [-0.3, -0.25) is 4.79 Å². The molecule has 0 saturated carbocycles. The molecule has 1 atom stereocenters. The summed E-state index contributed by atoms with van der Waals surface area (Å²) in [5.74, 6) is 1.08. The van der Waals surface area contributed by atoms with E-state index in [9.17, 15) is 4.79 Å². The Balaban J connectivity index is 2.29. The van der Waals surface area contributed by atoms with Crippen molar-refractivity contribution in [3.8, 4) is 11.1 Å². The van der Waals surface area contributed by atoms with Crippen LogP contribution in [-0.2, 0) is 4.79 Å². The van der Waals surface area contributed by atoms with Gasteiger partial charge in [-0.2, -0.15) is 0 Å². The van der Waals surface area contributed by atoms with Crippen LogP contribution in [0.5, 0.6) is 0 Å². The van der Waals surface area contributed by atoms with E-state index in [4.69, 9.17) is 0 Å². The van der Waals surface area contributed by atoms with Gasteiger partial charge in [0.15, 0.2) is 0 Å². The standard InChI is InChI=1S/C29H35OP/c1-8-23-17-26(19(2)3)29(27(18-23)20(4)5)25-14-9-10-15-28(25)31-21(6)12-11-13-24(30)16-22(31)7/h8-10,14-15,17-20H,1,6-7,11-13,16H2,2-5H3. The normalized spacial score (nSPS) is 17.7. The molecule has 0 aromatic heterocycles. The van der Waals surface area contributed by atoms with Crippen LogP contribution in [0.2, 0.25) is 0 Å². The molecule has 162 valence electrons. The van der Waals surface area contributed by atoms with Gasteiger partial charge in [-0.15, -0.1) is 0 Å². The van der Waals surface area contributed by atoms with Crippen molar-refractivity contribution in [2.24, 2.45) is 0 Å². The van der Waals surface area contributed by atoms with Crippen LogP contribution in [0.1, 0.15) is 81.9 Å². The quantitative estimate of drug-likeness (QED) is 0.434. The maximum absolute atomic E-state index is 12.4. The van der Waals surface area contributed by atoms with Crippen LogP contribution in [0.25, 0.3) is 17.2 Å². The van der Waals surface area contributed by atoms with Crippen molar-refractivity contribution in [2.45, 2.75) is 65.2 Å². The third-order valence-electron chi connectivity index (χ3n) is 6.07. The first kappa shape index (κ1) is 23.4. The second-order valence-corrected chi connectivity index (χ2v) is 11.6. The highest BCUT2D eigenvalue weighted by Gasteiger charge is 2.27. The zero-order valence-corrected chi connectivity index (χ0v) is 20.4. The zero-order chi connectivity index (χ0) is 22.7. The van der Waals surface area contributed by atoms with Gasteiger partial charge in [-0.1, -0.05) is 89.9 Å². The summed E-state index contributed by atoms with van der Waals surface area (Å²) in [4.78, 5) is 12.4. The second kappa shape index (κ2) is 9.92. The molecule has 0 N–H and O–H groups in total. The fourth-order valence-electron chi connectivity index (χ4n) is 4.49. The molecule has 1 heterocycles.